The first kappa shape index (κ1) is 12.1. The Kier molecular flexibility index (Phi) is 3.57. The highest BCUT2D eigenvalue weighted by Gasteiger charge is 2.22. The van der Waals surface area contributed by atoms with E-state index < -0.39 is 17.9 Å². The fourth-order valence-electron chi connectivity index (χ4n) is 1.56. The first-order valence-corrected chi connectivity index (χ1v) is 5.37. The predicted molar refractivity (Wildman–Crippen MR) is 63.8 cm³/mol. The monoisotopic (exact) mass is 246 g/mol. The molecule has 3 nitrogen and oxygen atoms in total. The number of aliphatic carboxylic acids is 1. The number of halogens is 1. The van der Waals surface area contributed by atoms with Gasteiger partial charge in [-0.1, -0.05) is 42.5 Å². The highest BCUT2D eigenvalue weighted by molar-refractivity contribution is 5.74. The van der Waals surface area contributed by atoms with Gasteiger partial charge >= 0.3 is 5.97 Å². The molecular formula is C14H11FO3. The molecule has 2 rings (SSSR count). The maximum Gasteiger partial charge on any atom is 0.349 e. The van der Waals surface area contributed by atoms with E-state index in [9.17, 15) is 9.18 Å². The summed E-state index contributed by atoms with van der Waals surface area (Å²) >= 11 is 0. The summed E-state index contributed by atoms with van der Waals surface area (Å²) in [5, 5.41) is 9.13. The van der Waals surface area contributed by atoms with Crippen LogP contribution in [0.2, 0.25) is 0 Å². The van der Waals surface area contributed by atoms with E-state index in [1.165, 1.54) is 18.2 Å². The van der Waals surface area contributed by atoms with Crippen molar-refractivity contribution in [3.8, 4) is 5.75 Å². The number of hydrogen-bond donors (Lipinski definition) is 1. The molecule has 2 aromatic carbocycles. The van der Waals surface area contributed by atoms with E-state index >= 15 is 0 Å². The number of carboxylic acid groups (broad SMARTS) is 1. The van der Waals surface area contributed by atoms with Gasteiger partial charge in [0.15, 0.2) is 11.6 Å². The van der Waals surface area contributed by atoms with Crippen molar-refractivity contribution >= 4 is 5.97 Å². The highest BCUT2D eigenvalue weighted by atomic mass is 19.1. The predicted octanol–water partition coefficient (Wildman–Crippen LogP) is 3.03. The molecule has 0 amide bonds. The second-order valence-corrected chi connectivity index (χ2v) is 3.68. The van der Waals surface area contributed by atoms with Gasteiger partial charge in [-0.25, -0.2) is 9.18 Å². The summed E-state index contributed by atoms with van der Waals surface area (Å²) in [5.41, 5.74) is 0.466. The lowest BCUT2D eigenvalue weighted by molar-refractivity contribution is -0.145. The number of carbonyl (C=O) groups is 1. The molecular weight excluding hydrogens is 235 g/mol. The van der Waals surface area contributed by atoms with Gasteiger partial charge in [0.25, 0.3) is 0 Å². The van der Waals surface area contributed by atoms with E-state index in [-0.39, 0.29) is 5.75 Å². The normalized spacial score (nSPS) is 11.8. The van der Waals surface area contributed by atoms with Crippen molar-refractivity contribution in [1.29, 1.82) is 0 Å². The molecule has 4 heteroatoms. The Labute approximate surface area is 103 Å². The Morgan fingerprint density at radius 1 is 1.06 bits per heavy atom. The molecule has 0 bridgehead atoms. The molecule has 2 aromatic rings. The number of rotatable bonds is 4. The topological polar surface area (TPSA) is 46.5 Å². The lowest BCUT2D eigenvalue weighted by atomic mass is 10.1. The molecule has 0 radical (unpaired) electrons. The van der Waals surface area contributed by atoms with Gasteiger partial charge in [-0.3, -0.25) is 0 Å². The molecule has 1 unspecified atom stereocenters. The fourth-order valence-corrected chi connectivity index (χ4v) is 1.56. The van der Waals surface area contributed by atoms with Gasteiger partial charge in [-0.2, -0.15) is 0 Å². The van der Waals surface area contributed by atoms with Gasteiger partial charge in [0.05, 0.1) is 0 Å². The Balaban J connectivity index is 2.28. The summed E-state index contributed by atoms with van der Waals surface area (Å²) in [4.78, 5) is 11.2. The van der Waals surface area contributed by atoms with Crippen LogP contribution in [0.3, 0.4) is 0 Å². The van der Waals surface area contributed by atoms with Crippen LogP contribution in [0.5, 0.6) is 5.75 Å². The van der Waals surface area contributed by atoms with E-state index in [1.54, 1.807) is 36.4 Å². The molecule has 1 N–H and O–H groups in total. The quantitative estimate of drug-likeness (QED) is 0.901. The number of ether oxygens (including phenoxy) is 1. The van der Waals surface area contributed by atoms with Crippen LogP contribution in [-0.4, -0.2) is 11.1 Å². The molecule has 92 valence electrons. The highest BCUT2D eigenvalue weighted by Crippen LogP contribution is 2.24. The maximum absolute atomic E-state index is 13.4. The summed E-state index contributed by atoms with van der Waals surface area (Å²) in [5.74, 6) is -1.82. The van der Waals surface area contributed by atoms with Gasteiger partial charge in [0.1, 0.15) is 0 Å². The lowest BCUT2D eigenvalue weighted by Gasteiger charge is -2.15. The standard InChI is InChI=1S/C14H11FO3/c15-11-8-4-5-9-12(11)18-13(14(16)17)10-6-2-1-3-7-10/h1-9,13H,(H,16,17). The SMILES string of the molecule is O=C(O)C(Oc1ccccc1F)c1ccccc1. The Bertz CT molecular complexity index is 540. The molecule has 0 saturated carbocycles. The van der Waals surface area contributed by atoms with Crippen LogP contribution < -0.4 is 4.74 Å². The van der Waals surface area contributed by atoms with Crippen molar-refractivity contribution in [3.05, 3.63) is 66.0 Å². The Hall–Kier alpha value is -2.36. The molecule has 0 saturated heterocycles. The van der Waals surface area contributed by atoms with Crippen LogP contribution >= 0.6 is 0 Å². The van der Waals surface area contributed by atoms with E-state index in [0.717, 1.165) is 0 Å². The molecule has 1 atom stereocenters. The average Bonchev–Trinajstić information content (AvgIpc) is 2.38. The van der Waals surface area contributed by atoms with Gasteiger partial charge in [-0.05, 0) is 12.1 Å². The van der Waals surface area contributed by atoms with E-state index in [1.807, 2.05) is 0 Å². The van der Waals surface area contributed by atoms with Gasteiger partial charge in [0.2, 0.25) is 6.10 Å². The Morgan fingerprint density at radius 3 is 2.28 bits per heavy atom. The number of carboxylic acids is 1. The molecule has 0 fully saturated rings. The minimum Gasteiger partial charge on any atom is -0.478 e. The maximum atomic E-state index is 13.4. The molecule has 0 aliphatic rings. The van der Waals surface area contributed by atoms with Crippen LogP contribution in [0, 0.1) is 5.82 Å². The third-order valence-electron chi connectivity index (χ3n) is 2.41. The molecule has 0 aliphatic heterocycles. The zero-order valence-corrected chi connectivity index (χ0v) is 9.42. The van der Waals surface area contributed by atoms with Gasteiger partial charge in [0, 0.05) is 5.56 Å². The molecule has 0 spiro atoms. The zero-order chi connectivity index (χ0) is 13.0. The first-order valence-electron chi connectivity index (χ1n) is 5.37. The van der Waals surface area contributed by atoms with Crippen LogP contribution in [0.4, 0.5) is 4.39 Å². The van der Waals surface area contributed by atoms with Gasteiger partial charge in [-0.15, -0.1) is 0 Å². The first-order chi connectivity index (χ1) is 8.68. The Morgan fingerprint density at radius 2 is 1.67 bits per heavy atom. The smallest absolute Gasteiger partial charge is 0.349 e. The van der Waals surface area contributed by atoms with Crippen LogP contribution in [-0.2, 0) is 4.79 Å². The lowest BCUT2D eigenvalue weighted by Crippen LogP contribution is -2.18. The zero-order valence-electron chi connectivity index (χ0n) is 9.42. The summed E-state index contributed by atoms with van der Waals surface area (Å²) in [6.07, 6.45) is -1.22. The largest absolute Gasteiger partial charge is 0.478 e. The molecule has 0 aromatic heterocycles. The van der Waals surface area contributed by atoms with E-state index in [0.29, 0.717) is 5.56 Å². The molecule has 0 aliphatic carbocycles. The van der Waals surface area contributed by atoms with Crippen molar-refractivity contribution in [2.75, 3.05) is 0 Å². The number of hydrogen-bond acceptors (Lipinski definition) is 2. The summed E-state index contributed by atoms with van der Waals surface area (Å²) in [6.45, 7) is 0. The second kappa shape index (κ2) is 5.31. The van der Waals surface area contributed by atoms with Gasteiger partial charge < -0.3 is 9.84 Å². The average molecular weight is 246 g/mol. The van der Waals surface area contributed by atoms with Crippen LogP contribution in [0.1, 0.15) is 11.7 Å². The second-order valence-electron chi connectivity index (χ2n) is 3.68. The van der Waals surface area contributed by atoms with E-state index in [4.69, 9.17) is 9.84 Å². The van der Waals surface area contributed by atoms with Crippen LogP contribution in [0.25, 0.3) is 0 Å². The minimum absolute atomic E-state index is 0.0752. The third-order valence-corrected chi connectivity index (χ3v) is 2.41. The van der Waals surface area contributed by atoms with Crippen molar-refractivity contribution in [2.45, 2.75) is 6.10 Å². The summed E-state index contributed by atoms with van der Waals surface area (Å²) < 4.78 is 18.6. The van der Waals surface area contributed by atoms with Crippen molar-refractivity contribution in [3.63, 3.8) is 0 Å². The fraction of sp³-hybridized carbons (Fsp3) is 0.0714. The van der Waals surface area contributed by atoms with E-state index in [2.05, 4.69) is 0 Å². The minimum atomic E-state index is -1.22. The van der Waals surface area contributed by atoms with Crippen LogP contribution in [0.15, 0.2) is 54.6 Å². The summed E-state index contributed by atoms with van der Waals surface area (Å²) in [7, 11) is 0. The number of para-hydroxylation sites is 1. The number of benzene rings is 2. The van der Waals surface area contributed by atoms with Crippen molar-refractivity contribution < 1.29 is 19.0 Å². The molecule has 0 heterocycles. The van der Waals surface area contributed by atoms with Crippen molar-refractivity contribution in [2.24, 2.45) is 0 Å². The van der Waals surface area contributed by atoms with Crippen molar-refractivity contribution in [1.82, 2.24) is 0 Å². The third kappa shape index (κ3) is 2.66. The molecule has 18 heavy (non-hydrogen) atoms. The summed E-state index contributed by atoms with van der Waals surface area (Å²) in [6, 6.07) is 14.1.